The number of aromatic nitrogens is 2. The first-order chi connectivity index (χ1) is 60.7. The van der Waals surface area contributed by atoms with Crippen molar-refractivity contribution in [3.63, 3.8) is 0 Å². The highest BCUT2D eigenvalue weighted by molar-refractivity contribution is 6.99. The molecule has 2 aliphatic heterocycles. The summed E-state index contributed by atoms with van der Waals surface area (Å²) in [5.74, 6) is 0.720. The summed E-state index contributed by atoms with van der Waals surface area (Å²) in [5.41, 5.74) is 20.2. The van der Waals surface area contributed by atoms with Crippen LogP contribution in [0.4, 0.5) is 17.1 Å². The van der Waals surface area contributed by atoms with Crippen LogP contribution in [0.15, 0.2) is 400 Å². The molecule has 0 N–H and O–H groups in total. The van der Waals surface area contributed by atoms with Crippen LogP contribution in [0, 0.1) is 0 Å². The molecule has 4 aliphatic rings. The van der Waals surface area contributed by atoms with Gasteiger partial charge in [-0.1, -0.05) is 327 Å². The van der Waals surface area contributed by atoms with Crippen molar-refractivity contribution in [1.29, 1.82) is 0 Å². The predicted molar refractivity (Wildman–Crippen MR) is 452 cm³/mol. The molecule has 0 atom stereocenters. The lowest BCUT2D eigenvalue weighted by atomic mass is 9.34. The molecule has 2 aromatic heterocycles. The standard InChI is InChI=1S/C104H66BN3O/c1-6-29-67(30-7-1)70-63-98-101-100(64-70)109-99-66-76(107-95-51-26-20-43-85(95)86-44-21-27-52-96(86)107)56-60-92(99)105(101)91-59-55-75(106-93-49-24-18-41-83(93)84-42-19-25-50-94(84)106)65-97(91)108(98)102-77(68-53-57-81-79-39-16-22-47-87(79)103(89(81)61-68,71-31-8-2-9-32-71)72-33-10-3-11-34-72)45-28-46-78(102)69-54-58-82-80-40-17-23-48-88(80)104(90(82)62-69,73-35-12-4-13-36-73)74-37-14-5-15-38-74/h1-66H/i18D,19D,20D,21D,24D,25D,26D,27D,41D,42D,43D,44D,49D,50D,51D,52D. The second-order valence-electron chi connectivity index (χ2n) is 28.5. The van der Waals surface area contributed by atoms with Crippen LogP contribution in [-0.4, -0.2) is 15.8 Å². The number of fused-ring (bicyclic) bond motifs is 16. The third-order valence-electron chi connectivity index (χ3n) is 23.2. The van der Waals surface area contributed by atoms with Gasteiger partial charge in [-0.2, -0.15) is 0 Å². The van der Waals surface area contributed by atoms with Crippen LogP contribution < -0.4 is 26.0 Å². The van der Waals surface area contributed by atoms with Crippen LogP contribution >= 0.6 is 0 Å². The molecule has 0 bridgehead atoms. The second-order valence-corrected chi connectivity index (χ2v) is 28.5. The van der Waals surface area contributed by atoms with Gasteiger partial charge < -0.3 is 18.8 Å². The molecule has 0 unspecified atom stereocenters. The van der Waals surface area contributed by atoms with E-state index in [-0.39, 0.29) is 55.0 Å². The van der Waals surface area contributed by atoms with Gasteiger partial charge in [0.15, 0.2) is 0 Å². The summed E-state index contributed by atoms with van der Waals surface area (Å²) in [7, 11) is 0. The van der Waals surface area contributed by atoms with Crippen LogP contribution in [-0.2, 0) is 10.8 Å². The summed E-state index contributed by atoms with van der Waals surface area (Å²) in [4.78, 5) is 2.29. The largest absolute Gasteiger partial charge is 0.458 e. The molecule has 0 spiro atoms. The Balaban J connectivity index is 0.870. The van der Waals surface area contributed by atoms with Gasteiger partial charge in [0.05, 0.1) is 60.5 Å². The minimum Gasteiger partial charge on any atom is -0.458 e. The maximum atomic E-state index is 9.96. The smallest absolute Gasteiger partial charge is 0.256 e. The molecular formula is C104H66BN3O. The zero-order chi connectivity index (χ0) is 85.4. The molecular weight excluding hydrogens is 1320 g/mol. The molecule has 0 radical (unpaired) electrons. The van der Waals surface area contributed by atoms with E-state index >= 15 is 0 Å². The van der Waals surface area contributed by atoms with Crippen LogP contribution in [0.3, 0.4) is 0 Å². The van der Waals surface area contributed by atoms with Crippen molar-refractivity contribution in [3.8, 4) is 78.5 Å². The van der Waals surface area contributed by atoms with Gasteiger partial charge in [0.25, 0.3) is 6.71 Å². The van der Waals surface area contributed by atoms with Gasteiger partial charge in [-0.15, -0.1) is 0 Å². The molecule has 0 saturated heterocycles. The van der Waals surface area contributed by atoms with Gasteiger partial charge in [-0.3, -0.25) is 0 Å². The monoisotopic (exact) mass is 1400 g/mol. The van der Waals surface area contributed by atoms with E-state index in [0.29, 0.717) is 39.5 Å². The number of anilines is 3. The van der Waals surface area contributed by atoms with Crippen molar-refractivity contribution < 1.29 is 26.7 Å². The van der Waals surface area contributed by atoms with Crippen LogP contribution in [0.2, 0.25) is 0 Å². The maximum absolute atomic E-state index is 9.96. The lowest BCUT2D eigenvalue weighted by Gasteiger charge is -2.42. The number of rotatable bonds is 10. The normalized spacial score (nSPS) is 15.7. The SMILES string of the molecule is [2H]c1c([2H])c([2H])c2c(c1[2H])c1c([2H])c([2H])c([2H])c([2H])c1n2-c1ccc2c(c1)Oc1cc(-c3ccccc3)cc3c1B2c1ccc(-n2c4c([2H])c([2H])c([2H])c([2H])c4c4c([2H])c([2H])c([2H])c([2H])c42)cc1N3c1c(-c2ccc3c(c2)C(c2ccccc2)(c2ccccc2)c2ccccc2-3)cccc1-c1ccc2c(c1)C(c1ccccc1)(c1ccccc1)c1ccccc1-2. The van der Waals surface area contributed by atoms with Gasteiger partial charge in [0.2, 0.25) is 0 Å². The Hall–Kier alpha value is -14.0. The molecule has 19 aromatic rings. The summed E-state index contributed by atoms with van der Waals surface area (Å²) in [6, 6.07) is 97.0. The fourth-order valence-electron chi connectivity index (χ4n) is 18.9. The Labute approximate surface area is 655 Å². The van der Waals surface area contributed by atoms with Crippen LogP contribution in [0.1, 0.15) is 66.4 Å². The molecule has 506 valence electrons. The minimum absolute atomic E-state index is 0.0688. The first-order valence-corrected chi connectivity index (χ1v) is 36.6. The summed E-state index contributed by atoms with van der Waals surface area (Å²) in [5, 5.41) is -0.349. The first kappa shape index (κ1) is 47.5. The summed E-state index contributed by atoms with van der Waals surface area (Å²) in [6.45, 7) is -0.786. The molecule has 2 aliphatic carbocycles. The Morgan fingerprint density at radius 3 is 1.14 bits per heavy atom. The Morgan fingerprint density at radius 2 is 0.670 bits per heavy atom. The highest BCUT2D eigenvalue weighted by atomic mass is 16.5. The van der Waals surface area contributed by atoms with Crippen molar-refractivity contribution in [2.45, 2.75) is 10.8 Å². The Kier molecular flexibility index (Phi) is 10.3. The molecule has 23 rings (SSSR count). The lowest BCUT2D eigenvalue weighted by molar-refractivity contribution is 0.487. The van der Waals surface area contributed by atoms with Gasteiger partial charge in [0, 0.05) is 61.5 Å². The van der Waals surface area contributed by atoms with Crippen molar-refractivity contribution in [2.75, 3.05) is 4.90 Å². The molecule has 4 nitrogen and oxygen atoms in total. The molecule has 0 amide bonds. The molecule has 0 saturated carbocycles. The number of ether oxygens (including phenoxy) is 1. The average molecular weight is 1400 g/mol. The molecule has 4 heterocycles. The predicted octanol–water partition coefficient (Wildman–Crippen LogP) is 24.0. The number of hydrogen-bond acceptors (Lipinski definition) is 2. The van der Waals surface area contributed by atoms with Crippen molar-refractivity contribution >= 4 is 83.8 Å². The average Bonchev–Trinajstić information content (AvgIpc) is 1.61. The number of benzene rings is 17. The minimum atomic E-state index is -0.856. The van der Waals surface area contributed by atoms with Crippen LogP contribution in [0.5, 0.6) is 11.5 Å². The fourth-order valence-corrected chi connectivity index (χ4v) is 18.9. The topological polar surface area (TPSA) is 22.3 Å². The third kappa shape index (κ3) is 8.72. The Bertz CT molecular complexity index is 7550. The van der Waals surface area contributed by atoms with E-state index < -0.39 is 114 Å². The summed E-state index contributed by atoms with van der Waals surface area (Å²) >= 11 is 0. The van der Waals surface area contributed by atoms with Gasteiger partial charge in [-0.25, -0.2) is 0 Å². The zero-order valence-electron chi connectivity index (χ0n) is 74.2. The van der Waals surface area contributed by atoms with E-state index in [1.54, 1.807) is 16.7 Å². The summed E-state index contributed by atoms with van der Waals surface area (Å²) in [6.07, 6.45) is 0. The molecule has 109 heavy (non-hydrogen) atoms. The lowest BCUT2D eigenvalue weighted by Crippen LogP contribution is -2.59. The van der Waals surface area contributed by atoms with E-state index in [4.69, 9.17) is 13.0 Å². The molecule has 0 fully saturated rings. The zero-order valence-corrected chi connectivity index (χ0v) is 58.2. The van der Waals surface area contributed by atoms with Gasteiger partial charge >= 0.3 is 0 Å². The molecule has 5 heteroatoms. The van der Waals surface area contributed by atoms with E-state index in [2.05, 4.69) is 211 Å². The molecule has 17 aromatic carbocycles. The van der Waals surface area contributed by atoms with Crippen molar-refractivity contribution in [1.82, 2.24) is 9.13 Å². The van der Waals surface area contributed by atoms with Crippen molar-refractivity contribution in [3.05, 3.63) is 445 Å². The van der Waals surface area contributed by atoms with E-state index in [9.17, 15) is 13.7 Å². The Morgan fingerprint density at radius 1 is 0.275 bits per heavy atom. The quantitative estimate of drug-likeness (QED) is 0.127. The summed E-state index contributed by atoms with van der Waals surface area (Å²) < 4.78 is 161. The van der Waals surface area contributed by atoms with Crippen LogP contribution in [0.25, 0.3) is 111 Å². The van der Waals surface area contributed by atoms with Gasteiger partial charge in [-0.05, 0) is 172 Å². The highest BCUT2D eigenvalue weighted by Gasteiger charge is 2.49. The van der Waals surface area contributed by atoms with E-state index in [1.165, 1.54) is 4.57 Å². The van der Waals surface area contributed by atoms with E-state index in [0.717, 1.165) is 106 Å². The number of hydrogen-bond donors (Lipinski definition) is 0. The fraction of sp³-hybridized carbons (Fsp3) is 0.0192. The number of nitrogens with zero attached hydrogens (tertiary/aromatic N) is 3. The second kappa shape index (κ2) is 23.8. The first-order valence-electron chi connectivity index (χ1n) is 44.6. The van der Waals surface area contributed by atoms with Crippen molar-refractivity contribution in [2.24, 2.45) is 0 Å². The third-order valence-corrected chi connectivity index (χ3v) is 23.2. The van der Waals surface area contributed by atoms with E-state index in [1.807, 2.05) is 84.9 Å². The maximum Gasteiger partial charge on any atom is 0.256 e. The highest BCUT2D eigenvalue weighted by Crippen LogP contribution is 2.61. The van der Waals surface area contributed by atoms with Gasteiger partial charge in [0.1, 0.15) is 11.5 Å². The number of para-hydroxylation sites is 5.